The average molecular weight is 328 g/mol. The maximum atomic E-state index is 6.14. The number of morpholine rings is 1. The Labute approximate surface area is 132 Å². The summed E-state index contributed by atoms with van der Waals surface area (Å²) in [5, 5.41) is 8.46. The molecule has 112 valence electrons. The minimum atomic E-state index is 0.0796. The summed E-state index contributed by atoms with van der Waals surface area (Å²) in [5.74, 6) is 1.14. The molecule has 3 rings (SSSR count). The first-order chi connectivity index (χ1) is 10.2. The van der Waals surface area contributed by atoms with Gasteiger partial charge in [-0.3, -0.25) is 0 Å². The van der Waals surface area contributed by atoms with E-state index in [0.717, 1.165) is 18.7 Å². The van der Waals surface area contributed by atoms with Gasteiger partial charge >= 0.3 is 0 Å². The molecule has 1 atom stereocenters. The number of rotatable bonds is 4. The summed E-state index contributed by atoms with van der Waals surface area (Å²) in [6.07, 6.45) is 1.14. The zero-order chi connectivity index (χ0) is 14.7. The Morgan fingerprint density at radius 3 is 2.81 bits per heavy atom. The van der Waals surface area contributed by atoms with Gasteiger partial charge in [-0.15, -0.1) is 0 Å². The fourth-order valence-corrected chi connectivity index (χ4v) is 2.78. The second-order valence-corrected chi connectivity index (χ2v) is 5.70. The molecular formula is C14H15Cl2N3O2. The molecule has 0 spiro atoms. The van der Waals surface area contributed by atoms with E-state index in [0.29, 0.717) is 41.2 Å². The van der Waals surface area contributed by atoms with Crippen LogP contribution in [0.5, 0.6) is 0 Å². The van der Waals surface area contributed by atoms with Crippen LogP contribution in [0.3, 0.4) is 0 Å². The summed E-state index contributed by atoms with van der Waals surface area (Å²) in [4.78, 5) is 4.38. The summed E-state index contributed by atoms with van der Waals surface area (Å²) >= 11 is 12.3. The van der Waals surface area contributed by atoms with Crippen molar-refractivity contribution < 1.29 is 9.26 Å². The molecule has 0 radical (unpaired) electrons. The standard InChI is InChI=1S/C14H15Cl2N3O2/c15-11-2-1-3-12(16)10(11)7-13-18-14(21-19-13)6-9-8-17-4-5-20-9/h1-3,9,17H,4-8H2. The van der Waals surface area contributed by atoms with Gasteiger partial charge in [-0.05, 0) is 17.7 Å². The van der Waals surface area contributed by atoms with E-state index in [2.05, 4.69) is 15.5 Å². The molecule has 1 fully saturated rings. The molecular weight excluding hydrogens is 313 g/mol. The average Bonchev–Trinajstić information content (AvgIpc) is 2.91. The van der Waals surface area contributed by atoms with Crippen molar-refractivity contribution in [3.8, 4) is 0 Å². The van der Waals surface area contributed by atoms with Crippen LogP contribution in [0.1, 0.15) is 17.3 Å². The van der Waals surface area contributed by atoms with Gasteiger partial charge in [0.2, 0.25) is 5.89 Å². The molecule has 1 unspecified atom stereocenters. The van der Waals surface area contributed by atoms with Gasteiger partial charge in [0.1, 0.15) is 0 Å². The number of halogens is 2. The number of nitrogens with one attached hydrogen (secondary N) is 1. The SMILES string of the molecule is Clc1cccc(Cl)c1Cc1noc(CC2CNCCO2)n1. The second-order valence-electron chi connectivity index (χ2n) is 4.88. The molecule has 2 heterocycles. The third-order valence-electron chi connectivity index (χ3n) is 3.31. The largest absolute Gasteiger partial charge is 0.375 e. The quantitative estimate of drug-likeness (QED) is 0.934. The van der Waals surface area contributed by atoms with E-state index < -0.39 is 0 Å². The van der Waals surface area contributed by atoms with Gasteiger partial charge in [-0.25, -0.2) is 0 Å². The maximum Gasteiger partial charge on any atom is 0.229 e. The minimum absolute atomic E-state index is 0.0796. The predicted molar refractivity (Wildman–Crippen MR) is 79.9 cm³/mol. The molecule has 1 aliphatic rings. The van der Waals surface area contributed by atoms with E-state index >= 15 is 0 Å². The van der Waals surface area contributed by atoms with E-state index in [1.54, 1.807) is 12.1 Å². The van der Waals surface area contributed by atoms with Gasteiger partial charge in [-0.2, -0.15) is 4.98 Å². The molecule has 0 saturated carbocycles. The highest BCUT2D eigenvalue weighted by Gasteiger charge is 2.18. The molecule has 1 aromatic heterocycles. The van der Waals surface area contributed by atoms with E-state index in [-0.39, 0.29) is 6.10 Å². The van der Waals surface area contributed by atoms with Gasteiger partial charge in [0.25, 0.3) is 0 Å². The Kier molecular flexibility index (Phi) is 4.75. The molecule has 5 nitrogen and oxygen atoms in total. The normalized spacial score (nSPS) is 18.9. The molecule has 2 aromatic rings. The molecule has 21 heavy (non-hydrogen) atoms. The van der Waals surface area contributed by atoms with Crippen LogP contribution in [-0.2, 0) is 17.6 Å². The summed E-state index contributed by atoms with van der Waals surface area (Å²) < 4.78 is 10.9. The minimum Gasteiger partial charge on any atom is -0.375 e. The van der Waals surface area contributed by atoms with Crippen molar-refractivity contribution in [1.82, 2.24) is 15.5 Å². The fraction of sp³-hybridized carbons (Fsp3) is 0.429. The maximum absolute atomic E-state index is 6.14. The molecule has 7 heteroatoms. The number of nitrogens with zero attached hydrogens (tertiary/aromatic N) is 2. The van der Waals surface area contributed by atoms with Crippen LogP contribution >= 0.6 is 23.2 Å². The van der Waals surface area contributed by atoms with Crippen molar-refractivity contribution in [1.29, 1.82) is 0 Å². The van der Waals surface area contributed by atoms with Crippen LogP contribution < -0.4 is 5.32 Å². The lowest BCUT2D eigenvalue weighted by Crippen LogP contribution is -2.39. The van der Waals surface area contributed by atoms with Crippen molar-refractivity contribution in [2.75, 3.05) is 19.7 Å². The van der Waals surface area contributed by atoms with E-state index in [9.17, 15) is 0 Å². The zero-order valence-corrected chi connectivity index (χ0v) is 12.8. The third kappa shape index (κ3) is 3.74. The summed E-state index contributed by atoms with van der Waals surface area (Å²) in [7, 11) is 0. The fourth-order valence-electron chi connectivity index (χ4n) is 2.25. The first kappa shape index (κ1) is 14.8. The molecule has 0 amide bonds. The van der Waals surface area contributed by atoms with Crippen LogP contribution in [0.2, 0.25) is 10.0 Å². The van der Waals surface area contributed by atoms with Gasteiger partial charge < -0.3 is 14.6 Å². The topological polar surface area (TPSA) is 60.2 Å². The Morgan fingerprint density at radius 2 is 2.10 bits per heavy atom. The number of benzene rings is 1. The van der Waals surface area contributed by atoms with Crippen molar-refractivity contribution in [3.63, 3.8) is 0 Å². The first-order valence-corrected chi connectivity index (χ1v) is 7.54. The first-order valence-electron chi connectivity index (χ1n) is 6.79. The van der Waals surface area contributed by atoms with E-state index in [4.69, 9.17) is 32.5 Å². The number of hydrogen-bond donors (Lipinski definition) is 1. The monoisotopic (exact) mass is 327 g/mol. The second kappa shape index (κ2) is 6.75. The van der Waals surface area contributed by atoms with E-state index in [1.165, 1.54) is 0 Å². The number of hydrogen-bond acceptors (Lipinski definition) is 5. The smallest absolute Gasteiger partial charge is 0.229 e. The van der Waals surface area contributed by atoms with Gasteiger partial charge in [0.05, 0.1) is 19.1 Å². The van der Waals surface area contributed by atoms with Crippen molar-refractivity contribution >= 4 is 23.2 Å². The third-order valence-corrected chi connectivity index (χ3v) is 4.02. The van der Waals surface area contributed by atoms with Crippen molar-refractivity contribution in [3.05, 3.63) is 45.5 Å². The Morgan fingerprint density at radius 1 is 1.29 bits per heavy atom. The highest BCUT2D eigenvalue weighted by Crippen LogP contribution is 2.26. The number of ether oxygens (including phenoxy) is 1. The van der Waals surface area contributed by atoms with Crippen molar-refractivity contribution in [2.24, 2.45) is 0 Å². The van der Waals surface area contributed by atoms with E-state index in [1.807, 2.05) is 6.07 Å². The lowest BCUT2D eigenvalue weighted by Gasteiger charge is -2.21. The van der Waals surface area contributed by atoms with Crippen LogP contribution in [-0.4, -0.2) is 35.9 Å². The van der Waals surface area contributed by atoms with Gasteiger partial charge in [-0.1, -0.05) is 34.4 Å². The zero-order valence-electron chi connectivity index (χ0n) is 11.3. The predicted octanol–water partition coefficient (Wildman–Crippen LogP) is 2.50. The summed E-state index contributed by atoms with van der Waals surface area (Å²) in [5.41, 5.74) is 0.809. The molecule has 1 aromatic carbocycles. The summed E-state index contributed by atoms with van der Waals surface area (Å²) in [6.45, 7) is 2.39. The molecule has 1 saturated heterocycles. The molecule has 0 aliphatic carbocycles. The highest BCUT2D eigenvalue weighted by molar-refractivity contribution is 6.36. The lowest BCUT2D eigenvalue weighted by molar-refractivity contribution is 0.0246. The molecule has 1 N–H and O–H groups in total. The van der Waals surface area contributed by atoms with Crippen LogP contribution in [0.4, 0.5) is 0 Å². The van der Waals surface area contributed by atoms with Crippen molar-refractivity contribution in [2.45, 2.75) is 18.9 Å². The van der Waals surface area contributed by atoms with Crippen LogP contribution in [0.15, 0.2) is 22.7 Å². The van der Waals surface area contributed by atoms with Crippen LogP contribution in [0, 0.1) is 0 Å². The number of aromatic nitrogens is 2. The Bertz CT molecular complexity index is 592. The highest BCUT2D eigenvalue weighted by atomic mass is 35.5. The van der Waals surface area contributed by atoms with Gasteiger partial charge in [0, 0.05) is 29.6 Å². The Balaban J connectivity index is 1.67. The van der Waals surface area contributed by atoms with Gasteiger partial charge in [0.15, 0.2) is 5.82 Å². The lowest BCUT2D eigenvalue weighted by atomic mass is 10.1. The van der Waals surface area contributed by atoms with Crippen LogP contribution in [0.25, 0.3) is 0 Å². The Hall–Kier alpha value is -1.14. The molecule has 1 aliphatic heterocycles. The summed E-state index contributed by atoms with van der Waals surface area (Å²) in [6, 6.07) is 5.40. The molecule has 0 bridgehead atoms.